The molecule has 2 heterocycles. The highest BCUT2D eigenvalue weighted by atomic mass is 32.2. The van der Waals surface area contributed by atoms with E-state index in [9.17, 15) is 8.42 Å². The van der Waals surface area contributed by atoms with Crippen LogP contribution in [0.15, 0.2) is 36.5 Å². The first-order valence-corrected chi connectivity index (χ1v) is 9.13. The molecule has 0 radical (unpaired) electrons. The van der Waals surface area contributed by atoms with E-state index in [1.807, 2.05) is 43.6 Å². The van der Waals surface area contributed by atoms with E-state index >= 15 is 0 Å². The van der Waals surface area contributed by atoms with Crippen molar-refractivity contribution in [1.82, 2.24) is 14.1 Å². The van der Waals surface area contributed by atoms with Crippen molar-refractivity contribution in [3.63, 3.8) is 0 Å². The fraction of sp³-hybridized carbons (Fsp3) is 0.438. The summed E-state index contributed by atoms with van der Waals surface area (Å²) in [5.41, 5.74) is 2.82. The Kier molecular flexibility index (Phi) is 4.52. The SMILES string of the molecule is COC[C@H]1CN(S(=O)(=O)Cc2ccccc2)Cc2c1cnn2C. The minimum absolute atomic E-state index is 0.0146. The lowest BCUT2D eigenvalue weighted by atomic mass is 9.97. The van der Waals surface area contributed by atoms with Crippen molar-refractivity contribution in [2.75, 3.05) is 20.3 Å². The monoisotopic (exact) mass is 335 g/mol. The van der Waals surface area contributed by atoms with Crippen molar-refractivity contribution in [2.24, 2.45) is 7.05 Å². The van der Waals surface area contributed by atoms with Gasteiger partial charge in [0, 0.05) is 32.2 Å². The Bertz CT molecular complexity index is 771. The molecule has 0 bridgehead atoms. The van der Waals surface area contributed by atoms with Crippen LogP contribution < -0.4 is 0 Å². The lowest BCUT2D eigenvalue weighted by Crippen LogP contribution is -2.40. The lowest BCUT2D eigenvalue weighted by molar-refractivity contribution is 0.162. The molecule has 3 rings (SSSR count). The molecule has 0 saturated carbocycles. The first kappa shape index (κ1) is 16.2. The third kappa shape index (κ3) is 3.31. The van der Waals surface area contributed by atoms with Gasteiger partial charge >= 0.3 is 0 Å². The average molecular weight is 335 g/mol. The van der Waals surface area contributed by atoms with Gasteiger partial charge in [-0.2, -0.15) is 9.40 Å². The number of methoxy groups -OCH3 is 1. The Morgan fingerprint density at radius 1 is 1.30 bits per heavy atom. The van der Waals surface area contributed by atoms with Gasteiger partial charge in [-0.3, -0.25) is 4.68 Å². The molecule has 2 aromatic rings. The molecular formula is C16H21N3O3S. The fourth-order valence-corrected chi connectivity index (χ4v) is 4.54. The van der Waals surface area contributed by atoms with Crippen LogP contribution in [-0.2, 0) is 34.1 Å². The molecule has 0 fully saturated rings. The molecule has 0 N–H and O–H groups in total. The van der Waals surface area contributed by atoms with Crippen LogP contribution in [0.2, 0.25) is 0 Å². The summed E-state index contributed by atoms with van der Waals surface area (Å²) in [4.78, 5) is 0. The Labute approximate surface area is 136 Å². The Balaban J connectivity index is 1.87. The van der Waals surface area contributed by atoms with Gasteiger partial charge in [0.05, 0.1) is 30.8 Å². The molecule has 6 nitrogen and oxygen atoms in total. The van der Waals surface area contributed by atoms with Crippen LogP contribution in [0.1, 0.15) is 22.7 Å². The van der Waals surface area contributed by atoms with E-state index in [0.29, 0.717) is 19.7 Å². The fourth-order valence-electron chi connectivity index (χ4n) is 3.02. The maximum absolute atomic E-state index is 12.8. The number of sulfonamides is 1. The summed E-state index contributed by atoms with van der Waals surface area (Å²) in [7, 11) is 0.0873. The van der Waals surface area contributed by atoms with Crippen molar-refractivity contribution in [2.45, 2.75) is 18.2 Å². The average Bonchev–Trinajstić information content (AvgIpc) is 2.90. The van der Waals surface area contributed by atoms with Gasteiger partial charge in [-0.05, 0) is 5.56 Å². The lowest BCUT2D eigenvalue weighted by Gasteiger charge is -2.32. The second kappa shape index (κ2) is 6.43. The third-order valence-electron chi connectivity index (χ3n) is 4.24. The van der Waals surface area contributed by atoms with Crippen LogP contribution in [0.3, 0.4) is 0 Å². The Morgan fingerprint density at radius 3 is 2.74 bits per heavy atom. The number of ether oxygens (including phenoxy) is 1. The molecule has 1 aromatic heterocycles. The molecule has 23 heavy (non-hydrogen) atoms. The Morgan fingerprint density at radius 2 is 2.04 bits per heavy atom. The predicted octanol–water partition coefficient (Wildman–Crippen LogP) is 1.50. The molecule has 0 aliphatic carbocycles. The zero-order valence-electron chi connectivity index (χ0n) is 13.3. The van der Waals surface area contributed by atoms with Gasteiger partial charge in [0.15, 0.2) is 0 Å². The molecule has 124 valence electrons. The summed E-state index contributed by atoms with van der Waals surface area (Å²) in [5, 5.41) is 4.27. The number of hydrogen-bond acceptors (Lipinski definition) is 4. The third-order valence-corrected chi connectivity index (χ3v) is 6.00. The molecule has 0 saturated heterocycles. The number of hydrogen-bond donors (Lipinski definition) is 0. The van der Waals surface area contributed by atoms with Crippen molar-refractivity contribution in [1.29, 1.82) is 0 Å². The first-order valence-electron chi connectivity index (χ1n) is 7.52. The number of nitrogens with zero attached hydrogens (tertiary/aromatic N) is 3. The molecule has 1 aromatic carbocycles. The van der Waals surface area contributed by atoms with Crippen LogP contribution in [0.5, 0.6) is 0 Å². The zero-order chi connectivity index (χ0) is 16.4. The molecule has 0 amide bonds. The van der Waals surface area contributed by atoms with E-state index in [0.717, 1.165) is 16.8 Å². The van der Waals surface area contributed by atoms with Gasteiger partial charge in [0.2, 0.25) is 10.0 Å². The van der Waals surface area contributed by atoms with Crippen LogP contribution >= 0.6 is 0 Å². The second-order valence-corrected chi connectivity index (χ2v) is 7.83. The van der Waals surface area contributed by atoms with E-state index in [4.69, 9.17) is 4.74 Å². The summed E-state index contributed by atoms with van der Waals surface area (Å²) in [6.45, 7) is 1.28. The van der Waals surface area contributed by atoms with Gasteiger partial charge in [-0.15, -0.1) is 0 Å². The smallest absolute Gasteiger partial charge is 0.218 e. The first-order chi connectivity index (χ1) is 11.0. The number of benzene rings is 1. The maximum atomic E-state index is 12.8. The molecule has 0 spiro atoms. The highest BCUT2D eigenvalue weighted by Gasteiger charge is 2.34. The van der Waals surface area contributed by atoms with E-state index in [1.165, 1.54) is 0 Å². The van der Waals surface area contributed by atoms with Crippen LogP contribution in [0.25, 0.3) is 0 Å². The molecule has 0 unspecified atom stereocenters. The number of aromatic nitrogens is 2. The predicted molar refractivity (Wildman–Crippen MR) is 87.3 cm³/mol. The van der Waals surface area contributed by atoms with Gasteiger partial charge in [0.25, 0.3) is 0 Å². The van der Waals surface area contributed by atoms with Gasteiger partial charge in [0.1, 0.15) is 0 Å². The van der Waals surface area contributed by atoms with E-state index < -0.39 is 10.0 Å². The minimum atomic E-state index is -3.39. The Hall–Kier alpha value is -1.70. The van der Waals surface area contributed by atoms with Crippen molar-refractivity contribution >= 4 is 10.0 Å². The highest BCUT2D eigenvalue weighted by Crippen LogP contribution is 2.30. The minimum Gasteiger partial charge on any atom is -0.384 e. The summed E-state index contributed by atoms with van der Waals surface area (Å²) in [5.74, 6) is 0.0313. The molecule has 7 heteroatoms. The van der Waals surface area contributed by atoms with Crippen LogP contribution in [0.4, 0.5) is 0 Å². The maximum Gasteiger partial charge on any atom is 0.218 e. The highest BCUT2D eigenvalue weighted by molar-refractivity contribution is 7.88. The van der Waals surface area contributed by atoms with Crippen molar-refractivity contribution in [3.05, 3.63) is 53.3 Å². The number of fused-ring (bicyclic) bond motifs is 1. The number of rotatable bonds is 5. The molecule has 1 aliphatic rings. The van der Waals surface area contributed by atoms with Crippen molar-refractivity contribution in [3.8, 4) is 0 Å². The molecular weight excluding hydrogens is 314 g/mol. The molecule has 1 atom stereocenters. The normalized spacial score (nSPS) is 18.8. The number of aryl methyl sites for hydroxylation is 1. The van der Waals surface area contributed by atoms with Gasteiger partial charge in [-0.25, -0.2) is 8.42 Å². The van der Waals surface area contributed by atoms with Gasteiger partial charge < -0.3 is 4.74 Å². The zero-order valence-corrected chi connectivity index (χ0v) is 14.2. The van der Waals surface area contributed by atoms with E-state index in [1.54, 1.807) is 16.1 Å². The summed E-state index contributed by atoms with van der Waals surface area (Å²) < 4.78 is 34.2. The largest absolute Gasteiger partial charge is 0.384 e. The van der Waals surface area contributed by atoms with Crippen LogP contribution in [-0.4, -0.2) is 42.8 Å². The van der Waals surface area contributed by atoms with E-state index in [-0.39, 0.29) is 11.7 Å². The standard InChI is InChI=1S/C16H21N3O3S/c1-18-16-10-19(9-14(11-22-2)15(16)8-17-18)23(20,21)12-13-6-4-3-5-7-13/h3-8,14H,9-12H2,1-2H3/t14-/m1/s1. The summed E-state index contributed by atoms with van der Waals surface area (Å²) in [6, 6.07) is 9.27. The quantitative estimate of drug-likeness (QED) is 0.830. The second-order valence-electron chi connectivity index (χ2n) is 5.86. The van der Waals surface area contributed by atoms with E-state index in [2.05, 4.69) is 5.10 Å². The molecule has 1 aliphatic heterocycles. The summed E-state index contributed by atoms with van der Waals surface area (Å²) >= 11 is 0. The van der Waals surface area contributed by atoms with Gasteiger partial charge in [-0.1, -0.05) is 30.3 Å². The topological polar surface area (TPSA) is 64.4 Å². The van der Waals surface area contributed by atoms with Crippen molar-refractivity contribution < 1.29 is 13.2 Å². The summed E-state index contributed by atoms with van der Waals surface area (Å²) in [6.07, 6.45) is 1.82. The van der Waals surface area contributed by atoms with Crippen LogP contribution in [0, 0.1) is 0 Å².